The number of allylic oxidation sites excluding steroid dienone is 1. The Morgan fingerprint density at radius 2 is 2.00 bits per heavy atom. The van der Waals surface area contributed by atoms with E-state index in [9.17, 15) is 9.59 Å². The van der Waals surface area contributed by atoms with Crippen LogP contribution in [-0.4, -0.2) is 30.6 Å². The number of carbonyl (C=O) groups is 2. The summed E-state index contributed by atoms with van der Waals surface area (Å²) in [5, 5.41) is 3.27. The molecule has 1 aromatic heterocycles. The highest BCUT2D eigenvalue weighted by atomic mass is 16.5. The van der Waals surface area contributed by atoms with Gasteiger partial charge >= 0.3 is 11.9 Å². The van der Waals surface area contributed by atoms with E-state index in [0.717, 1.165) is 17.7 Å². The number of unbranched alkanes of at least 4 members (excludes halogenated alkanes) is 1. The van der Waals surface area contributed by atoms with Crippen molar-refractivity contribution in [1.82, 2.24) is 4.98 Å². The lowest BCUT2D eigenvalue weighted by molar-refractivity contribution is -0.139. The van der Waals surface area contributed by atoms with E-state index in [1.54, 1.807) is 24.4 Å². The molecule has 7 heteroatoms. The molecule has 0 amide bonds. The molecule has 7 nitrogen and oxygen atoms in total. The molecule has 0 saturated carbocycles. The number of hydrogen-bond acceptors (Lipinski definition) is 7. The molecule has 0 radical (unpaired) electrons. The van der Waals surface area contributed by atoms with Crippen LogP contribution >= 0.6 is 0 Å². The number of oxazole rings is 1. The van der Waals surface area contributed by atoms with Crippen molar-refractivity contribution in [2.24, 2.45) is 0 Å². The molecule has 31 heavy (non-hydrogen) atoms. The molecule has 3 aromatic rings. The van der Waals surface area contributed by atoms with Crippen LogP contribution in [0.1, 0.15) is 28.8 Å². The first-order valence-corrected chi connectivity index (χ1v) is 9.90. The van der Waals surface area contributed by atoms with Crippen molar-refractivity contribution in [3.8, 4) is 11.5 Å². The third-order valence-electron chi connectivity index (χ3n) is 4.39. The second-order valence-corrected chi connectivity index (χ2v) is 6.69. The highest BCUT2D eigenvalue weighted by molar-refractivity contribution is 5.92. The Balaban J connectivity index is 1.46. The van der Waals surface area contributed by atoms with Gasteiger partial charge in [0.1, 0.15) is 12.9 Å². The first-order chi connectivity index (χ1) is 15.2. The molecular formula is C24H24N2O5. The molecule has 0 atom stereocenters. The molecule has 160 valence electrons. The molecule has 0 aliphatic rings. The molecule has 1 heterocycles. The standard InChI is InChI=1S/C24H24N2O5/c1-29-24(28)20-14-19(23-26-12-13-30-23)15-21(16-20)25-11-7-3-6-10-22(27)31-17-18-8-4-2-5-9-18/h2,4-6,8-10,12-16,25H,3,7,11,17H2,1H3. The molecule has 1 N–H and O–H groups in total. The van der Waals surface area contributed by atoms with Crippen molar-refractivity contribution in [3.63, 3.8) is 0 Å². The average Bonchev–Trinajstić information content (AvgIpc) is 3.35. The van der Waals surface area contributed by atoms with E-state index >= 15 is 0 Å². The van der Waals surface area contributed by atoms with Crippen molar-refractivity contribution in [2.45, 2.75) is 19.4 Å². The fraction of sp³-hybridized carbons (Fsp3) is 0.208. The van der Waals surface area contributed by atoms with Gasteiger partial charge in [-0.3, -0.25) is 0 Å². The van der Waals surface area contributed by atoms with Gasteiger partial charge < -0.3 is 19.2 Å². The largest absolute Gasteiger partial charge is 0.465 e. The second-order valence-electron chi connectivity index (χ2n) is 6.69. The number of carbonyl (C=O) groups excluding carboxylic acids is 2. The Bertz CT molecular complexity index is 1010. The van der Waals surface area contributed by atoms with Crippen LogP contribution in [-0.2, 0) is 20.9 Å². The molecule has 0 saturated heterocycles. The zero-order chi connectivity index (χ0) is 21.9. The van der Waals surface area contributed by atoms with E-state index in [4.69, 9.17) is 13.9 Å². The van der Waals surface area contributed by atoms with E-state index in [2.05, 4.69) is 10.3 Å². The van der Waals surface area contributed by atoms with Gasteiger partial charge in [-0.05, 0) is 36.6 Å². The Morgan fingerprint density at radius 1 is 1.16 bits per heavy atom. The lowest BCUT2D eigenvalue weighted by Crippen LogP contribution is -2.06. The number of rotatable bonds is 10. The predicted molar refractivity (Wildman–Crippen MR) is 116 cm³/mol. The number of methoxy groups -OCH3 is 1. The predicted octanol–water partition coefficient (Wildman–Crippen LogP) is 4.62. The number of esters is 2. The van der Waals surface area contributed by atoms with E-state index in [1.807, 2.05) is 36.4 Å². The average molecular weight is 420 g/mol. The molecule has 0 aliphatic heterocycles. The zero-order valence-electron chi connectivity index (χ0n) is 17.2. The maximum absolute atomic E-state index is 12.0. The Morgan fingerprint density at radius 3 is 2.74 bits per heavy atom. The van der Waals surface area contributed by atoms with Crippen LogP contribution in [0.3, 0.4) is 0 Å². The summed E-state index contributed by atoms with van der Waals surface area (Å²) in [6.07, 6.45) is 7.75. The lowest BCUT2D eigenvalue weighted by atomic mass is 10.1. The summed E-state index contributed by atoms with van der Waals surface area (Å²) in [7, 11) is 1.34. The summed E-state index contributed by atoms with van der Waals surface area (Å²) in [4.78, 5) is 27.8. The van der Waals surface area contributed by atoms with Gasteiger partial charge in [-0.25, -0.2) is 14.6 Å². The summed E-state index contributed by atoms with van der Waals surface area (Å²) in [5.74, 6) is -0.377. The smallest absolute Gasteiger partial charge is 0.337 e. The van der Waals surface area contributed by atoms with Gasteiger partial charge in [0, 0.05) is 23.9 Å². The normalized spacial score (nSPS) is 10.7. The van der Waals surface area contributed by atoms with Crippen molar-refractivity contribution < 1.29 is 23.5 Å². The maximum Gasteiger partial charge on any atom is 0.337 e. The van der Waals surface area contributed by atoms with Crippen LogP contribution in [0.25, 0.3) is 11.5 Å². The van der Waals surface area contributed by atoms with Crippen LogP contribution < -0.4 is 5.32 Å². The van der Waals surface area contributed by atoms with Gasteiger partial charge in [-0.15, -0.1) is 0 Å². The summed E-state index contributed by atoms with van der Waals surface area (Å²) in [6.45, 7) is 0.911. The molecule has 0 fully saturated rings. The number of benzene rings is 2. The number of anilines is 1. The minimum Gasteiger partial charge on any atom is -0.465 e. The van der Waals surface area contributed by atoms with E-state index < -0.39 is 5.97 Å². The first-order valence-electron chi connectivity index (χ1n) is 9.90. The monoisotopic (exact) mass is 420 g/mol. The van der Waals surface area contributed by atoms with E-state index in [0.29, 0.717) is 30.0 Å². The van der Waals surface area contributed by atoms with Crippen LogP contribution in [0.15, 0.2) is 77.6 Å². The number of hydrogen-bond donors (Lipinski definition) is 1. The summed E-state index contributed by atoms with van der Waals surface area (Å²) in [6, 6.07) is 14.8. The van der Waals surface area contributed by atoms with E-state index in [-0.39, 0.29) is 12.6 Å². The lowest BCUT2D eigenvalue weighted by Gasteiger charge is -2.09. The number of nitrogens with zero attached hydrogens (tertiary/aromatic N) is 1. The molecular weight excluding hydrogens is 396 g/mol. The zero-order valence-corrected chi connectivity index (χ0v) is 17.2. The Hall–Kier alpha value is -3.87. The fourth-order valence-electron chi connectivity index (χ4n) is 2.86. The van der Waals surface area contributed by atoms with Crippen molar-refractivity contribution in [3.05, 3.63) is 84.3 Å². The minimum absolute atomic E-state index is 0.259. The molecule has 0 aliphatic carbocycles. The van der Waals surface area contributed by atoms with Gasteiger partial charge in [-0.1, -0.05) is 36.4 Å². The fourth-order valence-corrected chi connectivity index (χ4v) is 2.86. The number of nitrogens with one attached hydrogen (secondary N) is 1. The van der Waals surface area contributed by atoms with Gasteiger partial charge in [0.05, 0.1) is 18.9 Å². The second kappa shape index (κ2) is 11.3. The van der Waals surface area contributed by atoms with Gasteiger partial charge in [-0.2, -0.15) is 0 Å². The number of ether oxygens (including phenoxy) is 2. The highest BCUT2D eigenvalue weighted by Gasteiger charge is 2.12. The summed E-state index contributed by atoms with van der Waals surface area (Å²) >= 11 is 0. The van der Waals surface area contributed by atoms with Gasteiger partial charge in [0.2, 0.25) is 5.89 Å². The third-order valence-corrected chi connectivity index (χ3v) is 4.39. The minimum atomic E-state index is -0.437. The topological polar surface area (TPSA) is 90.7 Å². The van der Waals surface area contributed by atoms with Crippen LogP contribution in [0.5, 0.6) is 0 Å². The Labute approximate surface area is 180 Å². The highest BCUT2D eigenvalue weighted by Crippen LogP contribution is 2.24. The quantitative estimate of drug-likeness (QED) is 0.291. The van der Waals surface area contributed by atoms with Crippen LogP contribution in [0, 0.1) is 0 Å². The van der Waals surface area contributed by atoms with Crippen molar-refractivity contribution >= 4 is 17.6 Å². The third kappa shape index (κ3) is 6.85. The van der Waals surface area contributed by atoms with Crippen molar-refractivity contribution in [2.75, 3.05) is 19.0 Å². The van der Waals surface area contributed by atoms with E-state index in [1.165, 1.54) is 19.4 Å². The first kappa shape index (κ1) is 21.8. The van der Waals surface area contributed by atoms with Crippen LogP contribution in [0.4, 0.5) is 5.69 Å². The Kier molecular flexibility index (Phi) is 7.99. The number of aromatic nitrogens is 1. The summed E-state index contributed by atoms with van der Waals surface area (Å²) < 4.78 is 15.3. The summed E-state index contributed by atoms with van der Waals surface area (Å²) in [5.41, 5.74) is 2.78. The van der Waals surface area contributed by atoms with Crippen molar-refractivity contribution in [1.29, 1.82) is 0 Å². The maximum atomic E-state index is 12.0. The van der Waals surface area contributed by atoms with Gasteiger partial charge in [0.15, 0.2) is 0 Å². The molecule has 2 aromatic carbocycles. The molecule has 0 unspecified atom stereocenters. The molecule has 0 spiro atoms. The van der Waals surface area contributed by atoms with Crippen LogP contribution in [0.2, 0.25) is 0 Å². The molecule has 3 rings (SSSR count). The SMILES string of the molecule is COC(=O)c1cc(NCCCC=CC(=O)OCc2ccccc2)cc(-c2ncco2)c1. The molecule has 0 bridgehead atoms. The van der Waals surface area contributed by atoms with Gasteiger partial charge in [0.25, 0.3) is 0 Å².